The molecule has 1 aliphatic rings. The lowest BCUT2D eigenvalue weighted by molar-refractivity contribution is 0.0860. The Balaban J connectivity index is 1.35. The summed E-state index contributed by atoms with van der Waals surface area (Å²) in [5.41, 5.74) is 2.20. The van der Waals surface area contributed by atoms with E-state index in [-0.39, 0.29) is 35.9 Å². The van der Waals surface area contributed by atoms with E-state index in [0.717, 1.165) is 25.7 Å². The number of carbonyl (C=O) groups excluding carboxylic acids is 2. The molecule has 1 aromatic heterocycles. The number of carbonyl (C=O) groups is 2. The molecular formula is C29H35N3O4S. The molecule has 1 aliphatic carbocycles. The van der Waals surface area contributed by atoms with Crippen molar-refractivity contribution in [1.29, 1.82) is 0 Å². The van der Waals surface area contributed by atoms with E-state index in [0.29, 0.717) is 27.8 Å². The molecule has 8 heteroatoms. The number of nitrogens with one attached hydrogen (secondary N) is 2. The second-order valence-corrected chi connectivity index (χ2v) is 11.3. The third kappa shape index (κ3) is 6.89. The van der Waals surface area contributed by atoms with Crippen molar-refractivity contribution >= 4 is 23.2 Å². The molecule has 1 saturated carbocycles. The Hall–Kier alpha value is -3.39. The van der Waals surface area contributed by atoms with Crippen molar-refractivity contribution in [3.05, 3.63) is 75.7 Å². The lowest BCUT2D eigenvalue weighted by Crippen LogP contribution is -2.53. The van der Waals surface area contributed by atoms with Gasteiger partial charge in [0.05, 0.1) is 7.11 Å². The van der Waals surface area contributed by atoms with Crippen LogP contribution in [0.4, 0.5) is 0 Å². The highest BCUT2D eigenvalue weighted by atomic mass is 32.1. The largest absolute Gasteiger partial charge is 0.493 e. The second-order valence-electron chi connectivity index (χ2n) is 10.3. The van der Waals surface area contributed by atoms with Crippen molar-refractivity contribution < 1.29 is 19.1 Å². The van der Waals surface area contributed by atoms with Gasteiger partial charge >= 0.3 is 0 Å². The van der Waals surface area contributed by atoms with E-state index in [2.05, 4.69) is 36.4 Å². The van der Waals surface area contributed by atoms with Gasteiger partial charge in [0, 0.05) is 23.0 Å². The summed E-state index contributed by atoms with van der Waals surface area (Å²) < 4.78 is 11.1. The van der Waals surface area contributed by atoms with Crippen LogP contribution in [-0.2, 0) is 12.0 Å². The molecule has 2 N–H and O–H groups in total. The number of thiazole rings is 1. The summed E-state index contributed by atoms with van der Waals surface area (Å²) in [5, 5.41) is 8.69. The molecule has 2 aromatic carbocycles. The minimum atomic E-state index is -0.236. The van der Waals surface area contributed by atoms with Crippen LogP contribution in [0, 0.1) is 0 Å². The number of hydrogen-bond acceptors (Lipinski definition) is 6. The number of hydrogen-bond donors (Lipinski definition) is 2. The molecule has 196 valence electrons. The molecule has 0 unspecified atom stereocenters. The molecule has 3 aromatic rings. The van der Waals surface area contributed by atoms with Gasteiger partial charge in [0.15, 0.2) is 11.5 Å². The van der Waals surface area contributed by atoms with Crippen molar-refractivity contribution in [1.82, 2.24) is 15.6 Å². The van der Waals surface area contributed by atoms with Crippen molar-refractivity contribution in [2.45, 2.75) is 70.6 Å². The number of para-hydroxylation sites is 2. The molecule has 37 heavy (non-hydrogen) atoms. The minimum Gasteiger partial charge on any atom is -0.493 e. The third-order valence-electron chi connectivity index (χ3n) is 6.62. The van der Waals surface area contributed by atoms with Crippen molar-refractivity contribution in [2.75, 3.05) is 7.11 Å². The first-order chi connectivity index (χ1) is 17.7. The highest BCUT2D eigenvalue weighted by Gasteiger charge is 2.29. The van der Waals surface area contributed by atoms with Crippen LogP contribution in [0.1, 0.15) is 77.9 Å². The minimum absolute atomic E-state index is 0.0316. The summed E-state index contributed by atoms with van der Waals surface area (Å²) in [6, 6.07) is 14.9. The number of aromatic nitrogens is 1. The third-order valence-corrected chi connectivity index (χ3v) is 7.44. The van der Waals surface area contributed by atoms with Gasteiger partial charge < -0.3 is 20.1 Å². The highest BCUT2D eigenvalue weighted by molar-refractivity contribution is 7.09. The standard InChI is InChI=1S/C29H35N3O4S/c1-29(2,3)20-15-13-19(14-16-20)27(33)31-21-9-5-6-10-22(21)32-28(34)23-18-37-26(30-23)17-36-25-12-8-7-11-24(25)35-4/h7-8,11-16,18,21-22H,5-6,9-10,17H2,1-4H3,(H,31,33)(H,32,34)/t21-,22+/m1/s1. The van der Waals surface area contributed by atoms with Gasteiger partial charge in [-0.05, 0) is 48.1 Å². The fraction of sp³-hybridized carbons (Fsp3) is 0.414. The first-order valence-corrected chi connectivity index (χ1v) is 13.5. The van der Waals surface area contributed by atoms with Gasteiger partial charge in [0.2, 0.25) is 0 Å². The fourth-order valence-electron chi connectivity index (χ4n) is 4.45. The van der Waals surface area contributed by atoms with E-state index < -0.39 is 0 Å². The number of methoxy groups -OCH3 is 1. The Morgan fingerprint density at radius 2 is 1.57 bits per heavy atom. The Labute approximate surface area is 222 Å². The Kier molecular flexibility index (Phi) is 8.48. The molecule has 0 radical (unpaired) electrons. The van der Waals surface area contributed by atoms with Crippen LogP contribution < -0.4 is 20.1 Å². The van der Waals surface area contributed by atoms with E-state index in [9.17, 15) is 9.59 Å². The molecule has 0 saturated heterocycles. The number of amides is 2. The number of ether oxygens (including phenoxy) is 2. The predicted molar refractivity (Wildman–Crippen MR) is 146 cm³/mol. The van der Waals surface area contributed by atoms with Gasteiger partial charge in [-0.2, -0.15) is 0 Å². The highest BCUT2D eigenvalue weighted by Crippen LogP contribution is 2.27. The van der Waals surface area contributed by atoms with E-state index >= 15 is 0 Å². The summed E-state index contributed by atoms with van der Waals surface area (Å²) in [4.78, 5) is 30.4. The fourth-order valence-corrected chi connectivity index (χ4v) is 5.14. The van der Waals surface area contributed by atoms with Gasteiger partial charge in [-0.15, -0.1) is 11.3 Å². The molecular weight excluding hydrogens is 486 g/mol. The van der Waals surface area contributed by atoms with Crippen LogP contribution in [0.2, 0.25) is 0 Å². The summed E-state index contributed by atoms with van der Waals surface area (Å²) >= 11 is 1.38. The van der Waals surface area contributed by atoms with Crippen LogP contribution in [0.25, 0.3) is 0 Å². The Bertz CT molecular complexity index is 1220. The quantitative estimate of drug-likeness (QED) is 0.409. The molecule has 0 spiro atoms. The molecule has 1 fully saturated rings. The summed E-state index contributed by atoms with van der Waals surface area (Å²) in [7, 11) is 1.59. The zero-order valence-corrected chi connectivity index (χ0v) is 22.7. The average Bonchev–Trinajstić information content (AvgIpc) is 3.37. The molecule has 0 bridgehead atoms. The van der Waals surface area contributed by atoms with E-state index in [4.69, 9.17) is 9.47 Å². The van der Waals surface area contributed by atoms with E-state index in [1.165, 1.54) is 16.9 Å². The number of nitrogens with zero attached hydrogens (tertiary/aromatic N) is 1. The second kappa shape index (κ2) is 11.8. The van der Waals surface area contributed by atoms with Crippen molar-refractivity contribution in [2.24, 2.45) is 0 Å². The van der Waals surface area contributed by atoms with Gasteiger partial charge in [-0.3, -0.25) is 9.59 Å². The van der Waals surface area contributed by atoms with Gasteiger partial charge in [0.25, 0.3) is 11.8 Å². The zero-order chi connectivity index (χ0) is 26.4. The van der Waals surface area contributed by atoms with Crippen LogP contribution in [0.15, 0.2) is 53.9 Å². The van der Waals surface area contributed by atoms with Crippen LogP contribution in [0.5, 0.6) is 11.5 Å². The maximum absolute atomic E-state index is 13.0. The summed E-state index contributed by atoms with van der Waals surface area (Å²) in [5.74, 6) is 0.920. The van der Waals surface area contributed by atoms with E-state index in [1.807, 2.05) is 48.5 Å². The van der Waals surface area contributed by atoms with Gasteiger partial charge in [-0.1, -0.05) is 57.9 Å². The number of benzene rings is 2. The molecule has 2 amide bonds. The summed E-state index contributed by atoms with van der Waals surface area (Å²) in [6.07, 6.45) is 3.66. The smallest absolute Gasteiger partial charge is 0.271 e. The van der Waals surface area contributed by atoms with Crippen LogP contribution in [-0.4, -0.2) is 36.0 Å². The summed E-state index contributed by atoms with van der Waals surface area (Å²) in [6.45, 7) is 6.69. The molecule has 4 rings (SSSR count). The van der Waals surface area contributed by atoms with Crippen molar-refractivity contribution in [3.63, 3.8) is 0 Å². The van der Waals surface area contributed by atoms with Crippen LogP contribution >= 0.6 is 11.3 Å². The first kappa shape index (κ1) is 26.7. The van der Waals surface area contributed by atoms with Crippen LogP contribution in [0.3, 0.4) is 0 Å². The average molecular weight is 522 g/mol. The maximum Gasteiger partial charge on any atom is 0.271 e. The predicted octanol–water partition coefficient (Wildman–Crippen LogP) is 5.50. The lowest BCUT2D eigenvalue weighted by atomic mass is 9.86. The topological polar surface area (TPSA) is 89.6 Å². The SMILES string of the molecule is COc1ccccc1OCc1nc(C(=O)N[C@H]2CCCC[C@H]2NC(=O)c2ccc(C(C)(C)C)cc2)cs1. The van der Waals surface area contributed by atoms with Crippen molar-refractivity contribution in [3.8, 4) is 11.5 Å². The molecule has 2 atom stereocenters. The normalized spacial score (nSPS) is 17.6. The Morgan fingerprint density at radius 1 is 0.946 bits per heavy atom. The monoisotopic (exact) mass is 521 g/mol. The lowest BCUT2D eigenvalue weighted by Gasteiger charge is -2.32. The van der Waals surface area contributed by atoms with E-state index in [1.54, 1.807) is 12.5 Å². The Morgan fingerprint density at radius 3 is 2.19 bits per heavy atom. The van der Waals surface area contributed by atoms with Gasteiger partial charge in [0.1, 0.15) is 17.3 Å². The number of rotatable bonds is 8. The zero-order valence-electron chi connectivity index (χ0n) is 21.9. The molecule has 7 nitrogen and oxygen atoms in total. The first-order valence-electron chi connectivity index (χ1n) is 12.7. The molecule has 1 heterocycles. The van der Waals surface area contributed by atoms with Gasteiger partial charge in [-0.25, -0.2) is 4.98 Å². The maximum atomic E-state index is 13.0. The molecule has 0 aliphatic heterocycles.